The number of ether oxygens (including phenoxy) is 4. The number of rotatable bonds is 6. The second-order valence-electron chi connectivity index (χ2n) is 8.54. The zero-order valence-electron chi connectivity index (χ0n) is 19.5. The number of hydrogen-bond acceptors (Lipinski definition) is 7. The monoisotopic (exact) mass is 464 g/mol. The van der Waals surface area contributed by atoms with Crippen LogP contribution in [0.3, 0.4) is 0 Å². The van der Waals surface area contributed by atoms with E-state index in [1.807, 2.05) is 31.2 Å². The molecule has 1 saturated heterocycles. The Balaban J connectivity index is 1.71. The van der Waals surface area contributed by atoms with Crippen molar-refractivity contribution in [3.8, 4) is 22.9 Å². The molecular formula is C25H28N4O5. The van der Waals surface area contributed by atoms with Crippen LogP contribution in [0.1, 0.15) is 18.4 Å². The van der Waals surface area contributed by atoms with Gasteiger partial charge in [-0.3, -0.25) is 4.79 Å². The molecular weight excluding hydrogens is 436 g/mol. The molecule has 0 unspecified atom stereocenters. The molecule has 1 aliphatic heterocycles. The minimum Gasteiger partial charge on any atom is -0.497 e. The molecule has 3 N–H and O–H groups in total. The Kier molecular flexibility index (Phi) is 5.79. The topological polar surface area (TPSA) is 114 Å². The Morgan fingerprint density at radius 2 is 1.88 bits per heavy atom. The number of aromatic amines is 1. The van der Waals surface area contributed by atoms with Crippen LogP contribution in [0.15, 0.2) is 35.1 Å². The van der Waals surface area contributed by atoms with E-state index in [-0.39, 0.29) is 11.4 Å². The van der Waals surface area contributed by atoms with Gasteiger partial charge in [-0.05, 0) is 37.3 Å². The summed E-state index contributed by atoms with van der Waals surface area (Å²) in [6.45, 7) is 3.98. The van der Waals surface area contributed by atoms with E-state index < -0.39 is 0 Å². The fraction of sp³-hybridized carbons (Fsp3) is 0.360. The summed E-state index contributed by atoms with van der Waals surface area (Å²) in [5.74, 6) is 2.49. The molecule has 0 atom stereocenters. The van der Waals surface area contributed by atoms with Gasteiger partial charge in [0.15, 0.2) is 0 Å². The maximum absolute atomic E-state index is 13.1. The lowest BCUT2D eigenvalue weighted by atomic mass is 10.0. The number of pyridine rings is 1. The Bertz CT molecular complexity index is 1420. The number of nitrogens with zero attached hydrogens (tertiary/aromatic N) is 2. The highest BCUT2D eigenvalue weighted by Gasteiger charge is 2.22. The van der Waals surface area contributed by atoms with Crippen molar-refractivity contribution in [3.63, 3.8) is 0 Å². The van der Waals surface area contributed by atoms with Crippen LogP contribution < -0.4 is 25.5 Å². The maximum Gasteiger partial charge on any atom is 0.261 e. The maximum atomic E-state index is 13.1. The predicted molar refractivity (Wildman–Crippen MR) is 130 cm³/mol. The van der Waals surface area contributed by atoms with Gasteiger partial charge >= 0.3 is 0 Å². The second-order valence-corrected chi connectivity index (χ2v) is 8.54. The van der Waals surface area contributed by atoms with Crippen molar-refractivity contribution in [1.82, 2.24) is 14.8 Å². The fourth-order valence-corrected chi connectivity index (χ4v) is 4.43. The quantitative estimate of drug-likeness (QED) is 0.448. The molecule has 0 saturated carbocycles. The van der Waals surface area contributed by atoms with Crippen LogP contribution in [0.4, 0.5) is 5.82 Å². The third kappa shape index (κ3) is 3.81. The summed E-state index contributed by atoms with van der Waals surface area (Å²) >= 11 is 0. The number of methoxy groups -OCH3 is 2. The summed E-state index contributed by atoms with van der Waals surface area (Å²) in [6.07, 6.45) is 1.90. The lowest BCUT2D eigenvalue weighted by molar-refractivity contribution is 0.0499. The lowest BCUT2D eigenvalue weighted by Gasteiger charge is -2.22. The third-order valence-corrected chi connectivity index (χ3v) is 6.40. The molecule has 0 amide bonds. The van der Waals surface area contributed by atoms with Gasteiger partial charge in [0.05, 0.1) is 37.4 Å². The van der Waals surface area contributed by atoms with Gasteiger partial charge in [-0.15, -0.1) is 0 Å². The average molecular weight is 465 g/mol. The Morgan fingerprint density at radius 3 is 2.62 bits per heavy atom. The van der Waals surface area contributed by atoms with Crippen molar-refractivity contribution < 1.29 is 18.9 Å². The molecule has 4 aromatic rings. The standard InChI is InChI=1S/C25H28N4O5/c1-14-4-5-16(31-2)11-19(14)29-24(26)22-23(28-29)21-18(27-25(22)30)10-17(32-3)12-20(21)34-13-15-6-8-33-9-7-15/h4-5,10-12,15H,6-9,13,26H2,1-3H3,(H,27,30). The van der Waals surface area contributed by atoms with E-state index in [4.69, 9.17) is 29.8 Å². The highest BCUT2D eigenvalue weighted by atomic mass is 16.5. The zero-order chi connectivity index (χ0) is 23.8. The van der Waals surface area contributed by atoms with Gasteiger partial charge in [0.2, 0.25) is 0 Å². The number of aromatic nitrogens is 3. The van der Waals surface area contributed by atoms with Gasteiger partial charge in [0, 0.05) is 31.4 Å². The van der Waals surface area contributed by atoms with Crippen molar-refractivity contribution >= 4 is 27.6 Å². The van der Waals surface area contributed by atoms with Crippen LogP contribution >= 0.6 is 0 Å². The van der Waals surface area contributed by atoms with E-state index in [1.165, 1.54) is 0 Å². The van der Waals surface area contributed by atoms with E-state index in [1.54, 1.807) is 25.0 Å². The fourth-order valence-electron chi connectivity index (χ4n) is 4.43. The van der Waals surface area contributed by atoms with Crippen molar-refractivity contribution in [1.29, 1.82) is 0 Å². The largest absolute Gasteiger partial charge is 0.497 e. The molecule has 0 aliphatic carbocycles. The predicted octanol–water partition coefficient (Wildman–Crippen LogP) is 3.58. The molecule has 9 nitrogen and oxygen atoms in total. The van der Waals surface area contributed by atoms with Crippen molar-refractivity contribution in [2.45, 2.75) is 19.8 Å². The van der Waals surface area contributed by atoms with Gasteiger partial charge in [0.1, 0.15) is 34.0 Å². The summed E-state index contributed by atoms with van der Waals surface area (Å²) in [5.41, 5.74) is 8.89. The Labute approximate surface area is 196 Å². The first kappa shape index (κ1) is 22.1. The zero-order valence-corrected chi connectivity index (χ0v) is 19.5. The highest BCUT2D eigenvalue weighted by Crippen LogP contribution is 2.37. The normalized spacial score (nSPS) is 14.6. The molecule has 1 fully saturated rings. The summed E-state index contributed by atoms with van der Waals surface area (Å²) in [6, 6.07) is 9.24. The van der Waals surface area contributed by atoms with Crippen molar-refractivity contribution in [2.24, 2.45) is 5.92 Å². The molecule has 2 aromatic heterocycles. The van der Waals surface area contributed by atoms with Crippen LogP contribution in [0.5, 0.6) is 17.2 Å². The summed E-state index contributed by atoms with van der Waals surface area (Å²) in [7, 11) is 3.18. The van der Waals surface area contributed by atoms with E-state index in [2.05, 4.69) is 4.98 Å². The molecule has 1 aliphatic rings. The molecule has 0 radical (unpaired) electrons. The van der Waals surface area contributed by atoms with Gasteiger partial charge in [0.25, 0.3) is 5.56 Å². The first-order valence-electron chi connectivity index (χ1n) is 11.3. The van der Waals surface area contributed by atoms with Gasteiger partial charge in [-0.25, -0.2) is 4.68 Å². The van der Waals surface area contributed by atoms with Gasteiger partial charge in [-0.1, -0.05) is 6.07 Å². The summed E-state index contributed by atoms with van der Waals surface area (Å²) < 4.78 is 24.2. The molecule has 2 aromatic carbocycles. The molecule has 5 rings (SSSR count). The number of aryl methyl sites for hydroxylation is 1. The molecule has 0 spiro atoms. The Hall–Kier alpha value is -3.72. The third-order valence-electron chi connectivity index (χ3n) is 6.40. The number of anilines is 1. The van der Waals surface area contributed by atoms with Crippen molar-refractivity contribution in [2.75, 3.05) is 39.8 Å². The van der Waals surface area contributed by atoms with E-state index in [0.29, 0.717) is 51.6 Å². The van der Waals surface area contributed by atoms with Crippen molar-refractivity contribution in [3.05, 3.63) is 46.2 Å². The van der Waals surface area contributed by atoms with E-state index >= 15 is 0 Å². The first-order chi connectivity index (χ1) is 16.5. The molecule has 34 heavy (non-hydrogen) atoms. The summed E-state index contributed by atoms with van der Waals surface area (Å²) in [5, 5.41) is 5.80. The van der Waals surface area contributed by atoms with E-state index in [9.17, 15) is 4.79 Å². The number of fused-ring (bicyclic) bond motifs is 3. The van der Waals surface area contributed by atoms with E-state index in [0.717, 1.165) is 37.3 Å². The minimum absolute atomic E-state index is 0.251. The SMILES string of the molecule is COc1ccc(C)c(-n2nc3c(c2N)c(=O)[nH]c2cc(OC)cc(OCC4CCOCC4)c23)c1. The number of nitrogen functional groups attached to an aromatic ring is 1. The molecule has 178 valence electrons. The smallest absolute Gasteiger partial charge is 0.261 e. The number of nitrogens with one attached hydrogen (secondary N) is 1. The van der Waals surface area contributed by atoms with Crippen LogP contribution in [0.2, 0.25) is 0 Å². The number of H-pyrrole nitrogens is 1. The lowest BCUT2D eigenvalue weighted by Crippen LogP contribution is -2.21. The van der Waals surface area contributed by atoms with Crippen LogP contribution in [0.25, 0.3) is 27.5 Å². The van der Waals surface area contributed by atoms with Gasteiger partial charge < -0.3 is 29.7 Å². The van der Waals surface area contributed by atoms with Gasteiger partial charge in [-0.2, -0.15) is 5.10 Å². The van der Waals surface area contributed by atoms with Crippen LogP contribution in [-0.4, -0.2) is 48.8 Å². The van der Waals surface area contributed by atoms with Crippen LogP contribution in [-0.2, 0) is 4.74 Å². The number of nitrogens with two attached hydrogens (primary N) is 1. The first-order valence-corrected chi connectivity index (χ1v) is 11.3. The molecule has 9 heteroatoms. The Morgan fingerprint density at radius 1 is 1.12 bits per heavy atom. The highest BCUT2D eigenvalue weighted by molar-refractivity contribution is 6.10. The number of hydrogen-bond donors (Lipinski definition) is 2. The second kappa shape index (κ2) is 8.90. The summed E-state index contributed by atoms with van der Waals surface area (Å²) in [4.78, 5) is 16.0. The molecule has 0 bridgehead atoms. The average Bonchev–Trinajstić information content (AvgIpc) is 3.20. The van der Waals surface area contributed by atoms with Crippen LogP contribution in [0, 0.1) is 12.8 Å². The number of benzene rings is 2. The minimum atomic E-state index is -0.324. The molecule has 3 heterocycles.